The largest absolute Gasteiger partial charge is 0.472 e. The molecule has 3 rings (SSSR count). The second-order valence-corrected chi connectivity index (χ2v) is 9.08. The van der Waals surface area contributed by atoms with Crippen molar-refractivity contribution in [3.05, 3.63) is 47.5 Å². The molecular formula is C19H26N4O3S. The Morgan fingerprint density at radius 2 is 1.89 bits per heavy atom. The zero-order chi connectivity index (χ0) is 19.4. The summed E-state index contributed by atoms with van der Waals surface area (Å²) in [6.07, 6.45) is 1.35. The minimum absolute atomic E-state index is 0.0112. The fourth-order valence-corrected chi connectivity index (χ4v) is 4.62. The summed E-state index contributed by atoms with van der Waals surface area (Å²) in [7, 11) is 0.401. The Balaban J connectivity index is 1.63. The number of rotatable bonds is 6. The molecule has 2 heterocycles. The molecule has 0 aliphatic carbocycles. The van der Waals surface area contributed by atoms with Gasteiger partial charge < -0.3 is 9.64 Å². The number of ether oxygens (including phenoxy) is 1. The number of anilines is 1. The second kappa shape index (κ2) is 8.22. The van der Waals surface area contributed by atoms with Crippen molar-refractivity contribution in [3.8, 4) is 5.88 Å². The molecule has 1 fully saturated rings. The molecule has 8 heteroatoms. The van der Waals surface area contributed by atoms with Gasteiger partial charge in [-0.15, -0.1) is 10.2 Å². The van der Waals surface area contributed by atoms with E-state index in [2.05, 4.69) is 10.2 Å². The van der Waals surface area contributed by atoms with Crippen molar-refractivity contribution in [2.45, 2.75) is 31.6 Å². The Hall–Kier alpha value is -2.19. The van der Waals surface area contributed by atoms with E-state index in [0.717, 1.165) is 29.8 Å². The third-order valence-corrected chi connectivity index (χ3v) is 6.39. The van der Waals surface area contributed by atoms with Gasteiger partial charge >= 0.3 is 0 Å². The maximum absolute atomic E-state index is 12.8. The van der Waals surface area contributed by atoms with E-state index in [1.807, 2.05) is 56.3 Å². The number of benzene rings is 1. The van der Waals surface area contributed by atoms with Crippen molar-refractivity contribution < 1.29 is 13.2 Å². The summed E-state index contributed by atoms with van der Waals surface area (Å²) in [4.78, 5) is 1.86. The minimum Gasteiger partial charge on any atom is -0.472 e. The van der Waals surface area contributed by atoms with Crippen LogP contribution in [0.1, 0.15) is 24.0 Å². The average Bonchev–Trinajstić information content (AvgIpc) is 2.64. The lowest BCUT2D eigenvalue weighted by atomic mass is 10.1. The normalized spacial score (nSPS) is 18.3. The van der Waals surface area contributed by atoms with Gasteiger partial charge in [-0.1, -0.05) is 29.8 Å². The van der Waals surface area contributed by atoms with E-state index in [-0.39, 0.29) is 11.9 Å². The van der Waals surface area contributed by atoms with E-state index in [9.17, 15) is 8.42 Å². The Labute approximate surface area is 161 Å². The van der Waals surface area contributed by atoms with Crippen molar-refractivity contribution in [2.24, 2.45) is 0 Å². The average molecular weight is 391 g/mol. The molecule has 0 amide bonds. The Morgan fingerprint density at radius 1 is 1.15 bits per heavy atom. The highest BCUT2D eigenvalue weighted by Gasteiger charge is 2.30. The van der Waals surface area contributed by atoms with E-state index in [0.29, 0.717) is 19.0 Å². The number of aryl methyl sites for hydroxylation is 1. The molecule has 2 aromatic rings. The number of hydrogen-bond acceptors (Lipinski definition) is 6. The van der Waals surface area contributed by atoms with E-state index in [1.54, 1.807) is 6.07 Å². The van der Waals surface area contributed by atoms with Gasteiger partial charge in [-0.3, -0.25) is 0 Å². The highest BCUT2D eigenvalue weighted by Crippen LogP contribution is 2.21. The third-order valence-electron chi connectivity index (χ3n) is 4.58. The molecule has 1 atom stereocenters. The summed E-state index contributed by atoms with van der Waals surface area (Å²) < 4.78 is 33.0. The van der Waals surface area contributed by atoms with Crippen LogP contribution >= 0.6 is 0 Å². The van der Waals surface area contributed by atoms with Crippen LogP contribution in [0, 0.1) is 6.92 Å². The standard InChI is InChI=1S/C19H26N4O3S/c1-15-6-8-16(9-7-15)14-27(24,25)23-12-4-5-17(13-23)26-19-11-10-18(20-21-19)22(2)3/h6-11,17H,4-5,12-14H2,1-3H3. The maximum atomic E-state index is 12.8. The number of piperidine rings is 1. The predicted octanol–water partition coefficient (Wildman–Crippen LogP) is 2.22. The van der Waals surface area contributed by atoms with Gasteiger partial charge in [-0.2, -0.15) is 4.31 Å². The Bertz CT molecular complexity index is 852. The molecule has 146 valence electrons. The molecule has 1 aromatic carbocycles. The molecule has 1 saturated heterocycles. The van der Waals surface area contributed by atoms with Crippen molar-refractivity contribution in [1.29, 1.82) is 0 Å². The first-order valence-electron chi connectivity index (χ1n) is 9.04. The zero-order valence-electron chi connectivity index (χ0n) is 16.0. The fraction of sp³-hybridized carbons (Fsp3) is 0.474. The summed E-state index contributed by atoms with van der Waals surface area (Å²) in [6.45, 7) is 2.85. The van der Waals surface area contributed by atoms with Crippen LogP contribution in [0.2, 0.25) is 0 Å². The first-order chi connectivity index (χ1) is 12.8. The summed E-state index contributed by atoms with van der Waals surface area (Å²) in [5.74, 6) is 1.17. The van der Waals surface area contributed by atoms with Crippen LogP contribution in [0.15, 0.2) is 36.4 Å². The van der Waals surface area contributed by atoms with E-state index < -0.39 is 10.0 Å². The van der Waals surface area contributed by atoms with Gasteiger partial charge in [0.05, 0.1) is 12.3 Å². The van der Waals surface area contributed by atoms with Crippen molar-refractivity contribution in [2.75, 3.05) is 32.1 Å². The summed E-state index contributed by atoms with van der Waals surface area (Å²) in [5.41, 5.74) is 1.91. The van der Waals surface area contributed by atoms with Gasteiger partial charge in [-0.05, 0) is 31.4 Å². The molecule has 1 unspecified atom stereocenters. The highest BCUT2D eigenvalue weighted by molar-refractivity contribution is 7.88. The molecule has 1 aliphatic rings. The molecule has 1 aromatic heterocycles. The molecule has 0 N–H and O–H groups in total. The van der Waals surface area contributed by atoms with Gasteiger partial charge in [0, 0.05) is 26.7 Å². The van der Waals surface area contributed by atoms with Gasteiger partial charge in [0.1, 0.15) is 6.10 Å². The molecule has 1 aliphatic heterocycles. The van der Waals surface area contributed by atoms with E-state index >= 15 is 0 Å². The van der Waals surface area contributed by atoms with Gasteiger partial charge in [0.2, 0.25) is 15.9 Å². The van der Waals surface area contributed by atoms with Gasteiger partial charge in [0.25, 0.3) is 0 Å². The zero-order valence-corrected chi connectivity index (χ0v) is 16.8. The number of sulfonamides is 1. The SMILES string of the molecule is Cc1ccc(CS(=O)(=O)N2CCCC(Oc3ccc(N(C)C)nn3)C2)cc1. The van der Waals surface area contributed by atoms with Gasteiger partial charge in [0.15, 0.2) is 5.82 Å². The van der Waals surface area contributed by atoms with Crippen LogP contribution in [0.5, 0.6) is 5.88 Å². The second-order valence-electron chi connectivity index (χ2n) is 7.11. The molecule has 0 spiro atoms. The minimum atomic E-state index is -3.38. The monoisotopic (exact) mass is 390 g/mol. The lowest BCUT2D eigenvalue weighted by Gasteiger charge is -2.31. The van der Waals surface area contributed by atoms with Crippen LogP contribution in [0.4, 0.5) is 5.82 Å². The Kier molecular flexibility index (Phi) is 5.96. The number of nitrogens with zero attached hydrogens (tertiary/aromatic N) is 4. The first kappa shape index (κ1) is 19.6. The van der Waals surface area contributed by atoms with Crippen LogP contribution in [0.3, 0.4) is 0 Å². The van der Waals surface area contributed by atoms with Crippen LogP contribution in [-0.4, -0.2) is 56.2 Å². The van der Waals surface area contributed by atoms with Gasteiger partial charge in [-0.25, -0.2) is 8.42 Å². The molecule has 0 bridgehead atoms. The van der Waals surface area contributed by atoms with Crippen LogP contribution in [-0.2, 0) is 15.8 Å². The topological polar surface area (TPSA) is 75.6 Å². The van der Waals surface area contributed by atoms with E-state index in [4.69, 9.17) is 4.74 Å². The molecule has 7 nitrogen and oxygen atoms in total. The number of aromatic nitrogens is 2. The van der Waals surface area contributed by atoms with Crippen LogP contribution < -0.4 is 9.64 Å². The lowest BCUT2D eigenvalue weighted by molar-refractivity contribution is 0.123. The highest BCUT2D eigenvalue weighted by atomic mass is 32.2. The third kappa shape index (κ3) is 5.17. The van der Waals surface area contributed by atoms with Crippen LogP contribution in [0.25, 0.3) is 0 Å². The molecule has 0 saturated carbocycles. The molecular weight excluding hydrogens is 364 g/mol. The smallest absolute Gasteiger partial charge is 0.233 e. The van der Waals surface area contributed by atoms with Crippen molar-refractivity contribution in [3.63, 3.8) is 0 Å². The maximum Gasteiger partial charge on any atom is 0.233 e. The lowest BCUT2D eigenvalue weighted by Crippen LogP contribution is -2.44. The van der Waals surface area contributed by atoms with E-state index in [1.165, 1.54) is 4.31 Å². The van der Waals surface area contributed by atoms with Crippen molar-refractivity contribution in [1.82, 2.24) is 14.5 Å². The summed E-state index contributed by atoms with van der Waals surface area (Å²) in [5, 5.41) is 8.17. The first-order valence-corrected chi connectivity index (χ1v) is 10.7. The summed E-state index contributed by atoms with van der Waals surface area (Å²) in [6, 6.07) is 11.2. The molecule has 0 radical (unpaired) electrons. The Morgan fingerprint density at radius 3 is 2.52 bits per heavy atom. The summed E-state index contributed by atoms with van der Waals surface area (Å²) >= 11 is 0. The fourth-order valence-electron chi connectivity index (χ4n) is 3.03. The van der Waals surface area contributed by atoms with Crippen molar-refractivity contribution >= 4 is 15.8 Å². The quantitative estimate of drug-likeness (QED) is 0.753. The molecule has 27 heavy (non-hydrogen) atoms. The number of hydrogen-bond donors (Lipinski definition) is 0. The predicted molar refractivity (Wildman–Crippen MR) is 105 cm³/mol.